The number of amides is 1. The van der Waals surface area contributed by atoms with Crippen LogP contribution in [0.15, 0.2) is 30.6 Å². The Morgan fingerprint density at radius 1 is 1.23 bits per heavy atom. The van der Waals surface area contributed by atoms with Gasteiger partial charge in [-0.3, -0.25) is 9.78 Å². The lowest BCUT2D eigenvalue weighted by Crippen LogP contribution is -2.45. The van der Waals surface area contributed by atoms with Crippen molar-refractivity contribution in [1.29, 1.82) is 0 Å². The number of benzene rings is 1. The number of phenolic OH excluding ortho intramolecular Hbond substituents is 1. The molecule has 1 saturated heterocycles. The monoisotopic (exact) mass is 435 g/mol. The van der Waals surface area contributed by atoms with Crippen LogP contribution in [0.4, 0.5) is 23.4 Å². The molecule has 1 amide bonds. The molecule has 0 bridgehead atoms. The molecule has 0 spiro atoms. The normalized spacial score (nSPS) is 17.3. The molecule has 1 atom stereocenters. The van der Waals surface area contributed by atoms with Gasteiger partial charge in [0.1, 0.15) is 23.3 Å². The molecule has 0 aliphatic carbocycles. The molecule has 7 nitrogen and oxygen atoms in total. The van der Waals surface area contributed by atoms with Gasteiger partial charge in [0, 0.05) is 36.8 Å². The highest BCUT2D eigenvalue weighted by atomic mass is 19.4. The summed E-state index contributed by atoms with van der Waals surface area (Å²) in [6, 6.07) is 1.69. The molecule has 3 aromatic rings. The number of pyridine rings is 1. The number of carbonyl (C=O) groups is 1. The van der Waals surface area contributed by atoms with Gasteiger partial charge in [-0.2, -0.15) is 13.2 Å². The van der Waals surface area contributed by atoms with E-state index in [4.69, 9.17) is 0 Å². The Morgan fingerprint density at radius 2 is 2.00 bits per heavy atom. The van der Waals surface area contributed by atoms with Gasteiger partial charge in [-0.05, 0) is 31.0 Å². The fraction of sp³-hybridized carbons (Fsp3) is 0.300. The van der Waals surface area contributed by atoms with E-state index in [0.29, 0.717) is 35.9 Å². The molecular weight excluding hydrogens is 418 g/mol. The molecule has 1 aliphatic heterocycles. The number of likely N-dealkylation sites (tertiary alicyclic amines) is 1. The number of phenols is 1. The van der Waals surface area contributed by atoms with Crippen molar-refractivity contribution in [3.8, 4) is 17.0 Å². The first-order valence-corrected chi connectivity index (χ1v) is 9.39. The molecule has 2 aromatic heterocycles. The second kappa shape index (κ2) is 7.64. The van der Waals surface area contributed by atoms with Crippen LogP contribution in [0.5, 0.6) is 5.75 Å². The topological polar surface area (TPSA) is 91.2 Å². The van der Waals surface area contributed by atoms with E-state index in [0.717, 1.165) is 6.42 Å². The number of likely N-dealkylation sites (N-methyl/N-ethyl adjacent to an activating group) is 1. The predicted octanol–water partition coefficient (Wildman–Crippen LogP) is 3.59. The third kappa shape index (κ3) is 3.82. The average molecular weight is 435 g/mol. The maximum absolute atomic E-state index is 14.6. The highest BCUT2D eigenvalue weighted by Gasteiger charge is 2.33. The number of hydrogen-bond acceptors (Lipinski definition) is 6. The maximum Gasteiger partial charge on any atom is 0.416 e. The molecule has 4 rings (SSSR count). The summed E-state index contributed by atoms with van der Waals surface area (Å²) < 4.78 is 53.4. The van der Waals surface area contributed by atoms with Gasteiger partial charge in [0.25, 0.3) is 0 Å². The summed E-state index contributed by atoms with van der Waals surface area (Å²) in [6.07, 6.45) is -0.612. The van der Waals surface area contributed by atoms with E-state index in [1.165, 1.54) is 18.5 Å². The van der Waals surface area contributed by atoms with Crippen molar-refractivity contribution in [2.75, 3.05) is 18.9 Å². The lowest BCUT2D eigenvalue weighted by Gasteiger charge is -2.30. The van der Waals surface area contributed by atoms with Crippen LogP contribution in [-0.4, -0.2) is 50.7 Å². The van der Waals surface area contributed by atoms with Gasteiger partial charge >= 0.3 is 6.18 Å². The molecule has 1 fully saturated rings. The molecule has 31 heavy (non-hydrogen) atoms. The highest BCUT2D eigenvalue weighted by molar-refractivity contribution is 6.01. The first-order chi connectivity index (χ1) is 14.7. The molecule has 1 aliphatic rings. The van der Waals surface area contributed by atoms with Gasteiger partial charge in [-0.25, -0.2) is 4.39 Å². The predicted molar refractivity (Wildman–Crippen MR) is 104 cm³/mol. The molecule has 3 heterocycles. The number of anilines is 1. The standard InChI is InChI=1S/C20H17F4N5O2/c1-29-6-2-3-14(19(29)31)26-18-12-9-25-5-4-11(12)17(27-28-18)16-13(21)7-10(8-15(16)30)20(22,23)24/h4-5,7-9,14,30H,2-3,6H2,1H3,(H,26,28)/t14-/m0/s1. The lowest BCUT2D eigenvalue weighted by molar-refractivity contribution is -0.138. The van der Waals surface area contributed by atoms with Crippen LogP contribution in [-0.2, 0) is 11.0 Å². The van der Waals surface area contributed by atoms with Gasteiger partial charge in [0.05, 0.1) is 11.1 Å². The van der Waals surface area contributed by atoms with Crippen molar-refractivity contribution < 1.29 is 27.5 Å². The smallest absolute Gasteiger partial charge is 0.416 e. The first-order valence-electron chi connectivity index (χ1n) is 9.39. The maximum atomic E-state index is 14.6. The average Bonchev–Trinajstić information content (AvgIpc) is 2.71. The van der Waals surface area contributed by atoms with E-state index in [1.54, 1.807) is 11.9 Å². The van der Waals surface area contributed by atoms with Gasteiger partial charge in [0.2, 0.25) is 5.91 Å². The summed E-state index contributed by atoms with van der Waals surface area (Å²) in [5.74, 6) is -2.08. The molecule has 0 saturated carbocycles. The quantitative estimate of drug-likeness (QED) is 0.611. The molecule has 0 radical (unpaired) electrons. The number of fused-ring (bicyclic) bond motifs is 1. The number of aromatic hydroxyl groups is 1. The van der Waals surface area contributed by atoms with E-state index < -0.39 is 34.9 Å². The van der Waals surface area contributed by atoms with Crippen LogP contribution in [0.1, 0.15) is 18.4 Å². The zero-order valence-corrected chi connectivity index (χ0v) is 16.2. The van der Waals surface area contributed by atoms with Crippen LogP contribution >= 0.6 is 0 Å². The van der Waals surface area contributed by atoms with Gasteiger partial charge in [-0.1, -0.05) is 0 Å². The summed E-state index contributed by atoms with van der Waals surface area (Å²) in [5, 5.41) is 21.8. The first kappa shape index (κ1) is 20.8. The number of hydrogen-bond donors (Lipinski definition) is 2. The van der Waals surface area contributed by atoms with Crippen molar-refractivity contribution in [1.82, 2.24) is 20.1 Å². The Hall–Kier alpha value is -3.50. The number of nitrogens with one attached hydrogen (secondary N) is 1. The van der Waals surface area contributed by atoms with Gasteiger partial charge < -0.3 is 15.3 Å². The van der Waals surface area contributed by atoms with Crippen LogP contribution in [0, 0.1) is 5.82 Å². The minimum Gasteiger partial charge on any atom is -0.507 e. The van der Waals surface area contributed by atoms with Crippen LogP contribution in [0.25, 0.3) is 22.0 Å². The summed E-state index contributed by atoms with van der Waals surface area (Å²) in [5.41, 5.74) is -1.96. The number of alkyl halides is 3. The summed E-state index contributed by atoms with van der Waals surface area (Å²) in [4.78, 5) is 18.0. The zero-order valence-electron chi connectivity index (χ0n) is 16.2. The Labute approximate surface area is 173 Å². The number of nitrogens with zero attached hydrogens (tertiary/aromatic N) is 4. The summed E-state index contributed by atoms with van der Waals surface area (Å²) >= 11 is 0. The molecular formula is C20H17F4N5O2. The molecule has 1 aromatic carbocycles. The number of rotatable bonds is 3. The van der Waals surface area contributed by atoms with Gasteiger partial charge in [0.15, 0.2) is 5.82 Å². The summed E-state index contributed by atoms with van der Waals surface area (Å²) in [6.45, 7) is 0.649. The van der Waals surface area contributed by atoms with Gasteiger partial charge in [-0.15, -0.1) is 10.2 Å². The minimum atomic E-state index is -4.82. The Morgan fingerprint density at radius 3 is 2.71 bits per heavy atom. The lowest BCUT2D eigenvalue weighted by atomic mass is 10.0. The molecule has 2 N–H and O–H groups in total. The van der Waals surface area contributed by atoms with E-state index in [9.17, 15) is 27.5 Å². The van der Waals surface area contributed by atoms with E-state index >= 15 is 0 Å². The van der Waals surface area contributed by atoms with Crippen molar-refractivity contribution >= 4 is 22.5 Å². The Kier molecular flexibility index (Phi) is 5.11. The van der Waals surface area contributed by atoms with Crippen LogP contribution in [0.2, 0.25) is 0 Å². The Bertz CT molecular complexity index is 1150. The SMILES string of the molecule is CN1CCC[C@H](Nc2nnc(-c3c(O)cc(C(F)(F)F)cc3F)c3ccncc23)C1=O. The van der Waals surface area contributed by atoms with Crippen LogP contribution in [0.3, 0.4) is 0 Å². The number of carbonyl (C=O) groups excluding carboxylic acids is 1. The fourth-order valence-corrected chi connectivity index (χ4v) is 3.61. The van der Waals surface area contributed by atoms with E-state index in [2.05, 4.69) is 20.5 Å². The van der Waals surface area contributed by atoms with E-state index in [-0.39, 0.29) is 17.4 Å². The largest absolute Gasteiger partial charge is 0.507 e. The number of halogens is 4. The summed E-state index contributed by atoms with van der Waals surface area (Å²) in [7, 11) is 1.70. The number of piperidine rings is 1. The third-order valence-corrected chi connectivity index (χ3v) is 5.19. The zero-order chi connectivity index (χ0) is 22.3. The van der Waals surface area contributed by atoms with Crippen molar-refractivity contribution in [2.24, 2.45) is 0 Å². The minimum absolute atomic E-state index is 0.111. The number of aromatic nitrogens is 3. The molecule has 0 unspecified atom stereocenters. The van der Waals surface area contributed by atoms with Crippen LogP contribution < -0.4 is 5.32 Å². The fourth-order valence-electron chi connectivity index (χ4n) is 3.61. The van der Waals surface area contributed by atoms with Crippen molar-refractivity contribution in [3.05, 3.63) is 42.0 Å². The molecule has 11 heteroatoms. The third-order valence-electron chi connectivity index (χ3n) is 5.19. The Balaban J connectivity index is 1.80. The molecule has 162 valence electrons. The van der Waals surface area contributed by atoms with Crippen molar-refractivity contribution in [2.45, 2.75) is 25.1 Å². The second-order valence-corrected chi connectivity index (χ2v) is 7.27. The second-order valence-electron chi connectivity index (χ2n) is 7.27. The highest BCUT2D eigenvalue weighted by Crippen LogP contribution is 2.40. The van der Waals surface area contributed by atoms with E-state index in [1.807, 2.05) is 0 Å². The van der Waals surface area contributed by atoms with Crippen molar-refractivity contribution in [3.63, 3.8) is 0 Å².